The van der Waals surface area contributed by atoms with Crippen molar-refractivity contribution in [1.29, 1.82) is 0 Å². The highest BCUT2D eigenvalue weighted by Crippen LogP contribution is 2.18. The first-order valence-corrected chi connectivity index (χ1v) is 9.11. The zero-order valence-electron chi connectivity index (χ0n) is 16.5. The second-order valence-corrected chi connectivity index (χ2v) is 7.41. The van der Waals surface area contributed by atoms with E-state index in [1.807, 2.05) is 18.2 Å². The first-order valence-electron chi connectivity index (χ1n) is 9.11. The van der Waals surface area contributed by atoms with E-state index in [4.69, 9.17) is 10.5 Å². The molecular weight excluding hydrogens is 370 g/mol. The molecule has 0 saturated heterocycles. The summed E-state index contributed by atoms with van der Waals surface area (Å²) in [6, 6.07) is 14.3. The highest BCUT2D eigenvalue weighted by atomic mass is 16.6. The van der Waals surface area contributed by atoms with Crippen molar-refractivity contribution in [1.82, 2.24) is 15.3 Å². The van der Waals surface area contributed by atoms with Crippen molar-refractivity contribution in [3.05, 3.63) is 59.8 Å². The molecule has 0 atom stereocenters. The monoisotopic (exact) mass is 393 g/mol. The van der Waals surface area contributed by atoms with Crippen LogP contribution >= 0.6 is 0 Å². The summed E-state index contributed by atoms with van der Waals surface area (Å²) in [5.74, 6) is -0.394. The number of rotatable bonds is 4. The van der Waals surface area contributed by atoms with Crippen LogP contribution < -0.4 is 16.4 Å². The number of nitrogen functional groups attached to an aromatic ring is 1. The maximum atomic E-state index is 12.6. The molecule has 1 heterocycles. The average molecular weight is 393 g/mol. The minimum atomic E-state index is -0.612. The van der Waals surface area contributed by atoms with Crippen LogP contribution in [0.3, 0.4) is 0 Å². The van der Waals surface area contributed by atoms with Crippen LogP contribution in [0.25, 0.3) is 11.0 Å². The summed E-state index contributed by atoms with van der Waals surface area (Å²) in [5.41, 5.74) is 7.80. The van der Waals surface area contributed by atoms with Gasteiger partial charge in [0.25, 0.3) is 5.91 Å². The van der Waals surface area contributed by atoms with E-state index < -0.39 is 17.6 Å². The Morgan fingerprint density at radius 2 is 1.62 bits per heavy atom. The fourth-order valence-corrected chi connectivity index (χ4v) is 2.65. The lowest BCUT2D eigenvalue weighted by Gasteiger charge is -2.20. The molecule has 3 aromatic rings. The maximum Gasteiger partial charge on any atom is 0.412 e. The van der Waals surface area contributed by atoms with Crippen molar-refractivity contribution >= 4 is 34.5 Å². The third kappa shape index (κ3) is 5.19. The lowest BCUT2D eigenvalue weighted by atomic mass is 10.1. The van der Waals surface area contributed by atoms with E-state index >= 15 is 0 Å². The van der Waals surface area contributed by atoms with E-state index in [-0.39, 0.29) is 18.1 Å². The maximum absolute atomic E-state index is 12.6. The van der Waals surface area contributed by atoms with Gasteiger partial charge < -0.3 is 15.8 Å². The summed E-state index contributed by atoms with van der Waals surface area (Å²) >= 11 is 0. The molecular formula is C21H23N5O3. The van der Waals surface area contributed by atoms with Crippen molar-refractivity contribution in [2.24, 2.45) is 0 Å². The van der Waals surface area contributed by atoms with E-state index in [9.17, 15) is 9.59 Å². The minimum Gasteiger partial charge on any atom is -0.444 e. The lowest BCUT2D eigenvalue weighted by Crippen LogP contribution is -2.28. The van der Waals surface area contributed by atoms with Crippen LogP contribution in [-0.4, -0.2) is 27.6 Å². The third-order valence-corrected chi connectivity index (χ3v) is 3.90. The molecule has 1 aromatic heterocycles. The van der Waals surface area contributed by atoms with Crippen molar-refractivity contribution in [3.63, 3.8) is 0 Å². The van der Waals surface area contributed by atoms with Crippen molar-refractivity contribution in [3.8, 4) is 0 Å². The fourth-order valence-electron chi connectivity index (χ4n) is 2.65. The minimum absolute atomic E-state index is 0.0567. The fraction of sp³-hybridized carbons (Fsp3) is 0.238. The Morgan fingerprint density at radius 1 is 1.00 bits per heavy atom. The Kier molecular flexibility index (Phi) is 5.63. The van der Waals surface area contributed by atoms with Gasteiger partial charge in [-0.1, -0.05) is 30.3 Å². The number of nitrogens with two attached hydrogens (primary N) is 1. The largest absolute Gasteiger partial charge is 0.444 e. The van der Waals surface area contributed by atoms with Crippen LogP contribution in [0, 0.1) is 0 Å². The van der Waals surface area contributed by atoms with E-state index in [1.165, 1.54) is 0 Å². The number of amides is 2. The number of para-hydroxylation sites is 3. The smallest absolute Gasteiger partial charge is 0.412 e. The van der Waals surface area contributed by atoms with Crippen LogP contribution in [0.1, 0.15) is 36.8 Å². The number of nitrogens with zero attached hydrogens (tertiary/aromatic N) is 2. The number of fused-ring (bicyclic) bond motifs is 1. The molecule has 0 aliphatic carbocycles. The summed E-state index contributed by atoms with van der Waals surface area (Å²) in [4.78, 5) is 33.2. The molecule has 0 aliphatic rings. The first kappa shape index (κ1) is 20.1. The molecule has 0 fully saturated rings. The molecule has 150 valence electrons. The van der Waals surface area contributed by atoms with Gasteiger partial charge in [-0.25, -0.2) is 14.8 Å². The molecule has 4 N–H and O–H groups in total. The zero-order chi connectivity index (χ0) is 21.0. The molecule has 0 saturated carbocycles. The van der Waals surface area contributed by atoms with E-state index in [2.05, 4.69) is 20.6 Å². The molecule has 0 radical (unpaired) electrons. The summed E-state index contributed by atoms with van der Waals surface area (Å²) in [6.45, 7) is 5.52. The molecule has 29 heavy (non-hydrogen) atoms. The van der Waals surface area contributed by atoms with Gasteiger partial charge in [-0.15, -0.1) is 0 Å². The molecule has 0 aliphatic heterocycles. The Balaban J connectivity index is 1.73. The summed E-state index contributed by atoms with van der Waals surface area (Å²) in [6.07, 6.45) is -0.569. The molecule has 8 heteroatoms. The number of carbonyl (C=O) groups is 2. The van der Waals surface area contributed by atoms with Crippen LogP contribution in [0.5, 0.6) is 0 Å². The van der Waals surface area contributed by atoms with Gasteiger partial charge in [0.2, 0.25) is 0 Å². The van der Waals surface area contributed by atoms with Gasteiger partial charge in [0.15, 0.2) is 11.5 Å². The molecule has 8 nitrogen and oxygen atoms in total. The second-order valence-electron chi connectivity index (χ2n) is 7.41. The Hall–Kier alpha value is -3.68. The quantitative estimate of drug-likeness (QED) is 0.624. The van der Waals surface area contributed by atoms with Crippen LogP contribution in [-0.2, 0) is 11.3 Å². The highest BCUT2D eigenvalue weighted by Gasteiger charge is 2.18. The standard InChI is InChI=1S/C21H23N5O3/c1-21(2,3)29-20(28)26-14-9-5-4-8-13(14)12-23-19(27)17-18(22)25-16-11-7-6-10-15(16)24-17/h4-11H,12H2,1-3H3,(H2,22,25)(H,23,27)(H,26,28). The van der Waals surface area contributed by atoms with Crippen LogP contribution in [0.4, 0.5) is 16.3 Å². The summed E-state index contributed by atoms with van der Waals surface area (Å²) in [5, 5.41) is 5.47. The Bertz CT molecular complexity index is 1060. The predicted molar refractivity (Wildman–Crippen MR) is 111 cm³/mol. The average Bonchev–Trinajstić information content (AvgIpc) is 2.65. The molecule has 3 rings (SSSR count). The zero-order valence-corrected chi connectivity index (χ0v) is 16.5. The predicted octanol–water partition coefficient (Wildman–Crippen LogP) is 3.49. The number of hydrogen-bond donors (Lipinski definition) is 3. The molecule has 2 amide bonds. The van der Waals surface area contributed by atoms with Gasteiger partial charge in [-0.2, -0.15) is 0 Å². The van der Waals surface area contributed by atoms with Gasteiger partial charge in [-0.3, -0.25) is 10.1 Å². The van der Waals surface area contributed by atoms with Crippen molar-refractivity contribution < 1.29 is 14.3 Å². The third-order valence-electron chi connectivity index (χ3n) is 3.90. The van der Waals surface area contributed by atoms with Gasteiger partial charge in [0.1, 0.15) is 5.60 Å². The van der Waals surface area contributed by atoms with E-state index in [0.29, 0.717) is 22.3 Å². The number of benzene rings is 2. The van der Waals surface area contributed by atoms with Gasteiger partial charge in [0, 0.05) is 12.2 Å². The van der Waals surface area contributed by atoms with Gasteiger partial charge in [-0.05, 0) is 44.5 Å². The SMILES string of the molecule is CC(C)(C)OC(=O)Nc1ccccc1CNC(=O)c1nc2ccccc2nc1N. The highest BCUT2D eigenvalue weighted by molar-refractivity contribution is 5.98. The number of aromatic nitrogens is 2. The van der Waals surface area contributed by atoms with Crippen LogP contribution in [0.15, 0.2) is 48.5 Å². The van der Waals surface area contributed by atoms with E-state index in [0.717, 1.165) is 0 Å². The first-order chi connectivity index (χ1) is 13.7. The number of carbonyl (C=O) groups excluding carboxylic acids is 2. The number of anilines is 2. The van der Waals surface area contributed by atoms with E-state index in [1.54, 1.807) is 51.1 Å². The topological polar surface area (TPSA) is 119 Å². The van der Waals surface area contributed by atoms with Gasteiger partial charge >= 0.3 is 6.09 Å². The molecule has 0 bridgehead atoms. The summed E-state index contributed by atoms with van der Waals surface area (Å²) < 4.78 is 5.28. The normalized spacial score (nSPS) is 11.1. The van der Waals surface area contributed by atoms with Crippen LogP contribution in [0.2, 0.25) is 0 Å². The van der Waals surface area contributed by atoms with Crippen molar-refractivity contribution in [2.45, 2.75) is 32.9 Å². The number of nitrogens with one attached hydrogen (secondary N) is 2. The molecule has 2 aromatic carbocycles. The van der Waals surface area contributed by atoms with Gasteiger partial charge in [0.05, 0.1) is 11.0 Å². The number of ether oxygens (including phenoxy) is 1. The molecule has 0 spiro atoms. The second kappa shape index (κ2) is 8.14. The van der Waals surface area contributed by atoms with Crippen molar-refractivity contribution in [2.75, 3.05) is 11.1 Å². The Labute approximate surface area is 168 Å². The lowest BCUT2D eigenvalue weighted by molar-refractivity contribution is 0.0635. The number of hydrogen-bond acceptors (Lipinski definition) is 6. The summed E-state index contributed by atoms with van der Waals surface area (Å²) in [7, 11) is 0. The molecule has 0 unspecified atom stereocenters. The Morgan fingerprint density at radius 3 is 2.31 bits per heavy atom.